The fourth-order valence-electron chi connectivity index (χ4n) is 5.12. The quantitative estimate of drug-likeness (QED) is 0.410. The molecule has 2 aliphatic heterocycles. The minimum atomic E-state index is 0.0652. The highest BCUT2D eigenvalue weighted by molar-refractivity contribution is 6.08. The minimum Gasteiger partial charge on any atom is -0.326 e. The van der Waals surface area contributed by atoms with Gasteiger partial charge in [-0.25, -0.2) is 4.98 Å². The van der Waals surface area contributed by atoms with Gasteiger partial charge in [0.15, 0.2) is 0 Å². The molecule has 0 N–H and O–H groups in total. The van der Waals surface area contributed by atoms with Crippen LogP contribution in [0.5, 0.6) is 0 Å². The summed E-state index contributed by atoms with van der Waals surface area (Å²) in [6.45, 7) is 5.12. The Morgan fingerprint density at radius 3 is 2.62 bits per heavy atom. The van der Waals surface area contributed by atoms with E-state index in [0.29, 0.717) is 0 Å². The average Bonchev–Trinajstić information content (AvgIpc) is 3.36. The standard InChI is InChI=1S/C28H25N3O/c1-18-7-8-21-17-23-13-14-30(27(23)29-25(21)15-18)24-11-9-20(10-12-24)28(32)31-19(2)16-22-5-3-4-6-26(22)31/h3-12,15,17,19H,13-14,16H2,1-2H3. The van der Waals surface area contributed by atoms with E-state index in [-0.39, 0.29) is 11.9 Å². The van der Waals surface area contributed by atoms with Crippen LogP contribution >= 0.6 is 0 Å². The van der Waals surface area contributed by atoms with E-state index in [0.717, 1.165) is 47.7 Å². The van der Waals surface area contributed by atoms with Crippen LogP contribution in [0, 0.1) is 6.92 Å². The summed E-state index contributed by atoms with van der Waals surface area (Å²) in [4.78, 5) is 22.5. The summed E-state index contributed by atoms with van der Waals surface area (Å²) in [5.74, 6) is 1.10. The number of para-hydroxylation sites is 1. The lowest BCUT2D eigenvalue weighted by Gasteiger charge is -2.23. The van der Waals surface area contributed by atoms with Gasteiger partial charge in [0.2, 0.25) is 0 Å². The average molecular weight is 420 g/mol. The Morgan fingerprint density at radius 1 is 0.969 bits per heavy atom. The highest BCUT2D eigenvalue weighted by Crippen LogP contribution is 2.36. The van der Waals surface area contributed by atoms with E-state index in [2.05, 4.69) is 61.2 Å². The maximum absolute atomic E-state index is 13.3. The van der Waals surface area contributed by atoms with Crippen molar-refractivity contribution in [2.45, 2.75) is 32.7 Å². The second-order valence-corrected chi connectivity index (χ2v) is 8.97. The van der Waals surface area contributed by atoms with Crippen LogP contribution in [0.3, 0.4) is 0 Å². The Hall–Kier alpha value is -3.66. The van der Waals surface area contributed by atoms with Gasteiger partial charge in [0.1, 0.15) is 5.82 Å². The number of benzene rings is 3. The van der Waals surface area contributed by atoms with Crippen molar-refractivity contribution in [2.75, 3.05) is 16.3 Å². The molecule has 3 aromatic carbocycles. The van der Waals surface area contributed by atoms with E-state index in [4.69, 9.17) is 4.98 Å². The number of amides is 1. The van der Waals surface area contributed by atoms with E-state index in [1.54, 1.807) is 0 Å². The minimum absolute atomic E-state index is 0.0652. The van der Waals surface area contributed by atoms with Crippen molar-refractivity contribution in [1.29, 1.82) is 0 Å². The summed E-state index contributed by atoms with van der Waals surface area (Å²) in [5.41, 5.74) is 7.61. The second kappa shape index (κ2) is 7.20. The lowest BCUT2D eigenvalue weighted by molar-refractivity contribution is 0.0981. The van der Waals surface area contributed by atoms with Gasteiger partial charge in [-0.15, -0.1) is 0 Å². The van der Waals surface area contributed by atoms with Gasteiger partial charge in [-0.05, 0) is 85.8 Å². The first-order valence-corrected chi connectivity index (χ1v) is 11.3. The SMILES string of the molecule is Cc1ccc2cc3c(nc2c1)N(c1ccc(C(=O)N2c4ccccc4CC2C)cc1)CC3. The molecule has 0 aliphatic carbocycles. The first-order chi connectivity index (χ1) is 15.6. The number of aryl methyl sites for hydroxylation is 1. The van der Waals surface area contributed by atoms with E-state index < -0.39 is 0 Å². The maximum atomic E-state index is 13.3. The summed E-state index contributed by atoms with van der Waals surface area (Å²) >= 11 is 0. The van der Waals surface area contributed by atoms with Crippen LogP contribution in [0.15, 0.2) is 72.8 Å². The normalized spacial score (nSPS) is 17.0. The lowest BCUT2D eigenvalue weighted by atomic mass is 10.1. The van der Waals surface area contributed by atoms with Crippen LogP contribution in [-0.2, 0) is 12.8 Å². The monoisotopic (exact) mass is 419 g/mol. The fraction of sp³-hybridized carbons (Fsp3) is 0.214. The first kappa shape index (κ1) is 19.1. The molecule has 4 nitrogen and oxygen atoms in total. The van der Waals surface area contributed by atoms with E-state index in [1.807, 2.05) is 35.2 Å². The van der Waals surface area contributed by atoms with Crippen LogP contribution in [0.2, 0.25) is 0 Å². The van der Waals surface area contributed by atoms with Gasteiger partial charge >= 0.3 is 0 Å². The van der Waals surface area contributed by atoms with Crippen LogP contribution in [-0.4, -0.2) is 23.5 Å². The van der Waals surface area contributed by atoms with Crippen molar-refractivity contribution in [3.8, 4) is 0 Å². The maximum Gasteiger partial charge on any atom is 0.258 e. The van der Waals surface area contributed by atoms with Gasteiger partial charge in [0.25, 0.3) is 5.91 Å². The zero-order valence-electron chi connectivity index (χ0n) is 18.4. The molecule has 2 aliphatic rings. The smallest absolute Gasteiger partial charge is 0.258 e. The Labute approximate surface area is 188 Å². The fourth-order valence-corrected chi connectivity index (χ4v) is 5.12. The first-order valence-electron chi connectivity index (χ1n) is 11.3. The highest BCUT2D eigenvalue weighted by atomic mass is 16.2. The molecule has 158 valence electrons. The van der Waals surface area contributed by atoms with Crippen LogP contribution in [0.1, 0.15) is 34.0 Å². The van der Waals surface area contributed by atoms with Crippen molar-refractivity contribution in [3.63, 3.8) is 0 Å². The third kappa shape index (κ3) is 2.98. The molecule has 4 heteroatoms. The van der Waals surface area contributed by atoms with Crippen LogP contribution < -0.4 is 9.80 Å². The number of carbonyl (C=O) groups is 1. The van der Waals surface area contributed by atoms with E-state index >= 15 is 0 Å². The van der Waals surface area contributed by atoms with Crippen molar-refractivity contribution in [1.82, 2.24) is 4.98 Å². The zero-order chi connectivity index (χ0) is 21.8. The summed E-state index contributed by atoms with van der Waals surface area (Å²) in [5, 5.41) is 1.19. The van der Waals surface area contributed by atoms with Crippen molar-refractivity contribution < 1.29 is 4.79 Å². The Morgan fingerprint density at radius 2 is 1.78 bits per heavy atom. The number of carbonyl (C=O) groups excluding carboxylic acids is 1. The predicted molar refractivity (Wildman–Crippen MR) is 130 cm³/mol. The summed E-state index contributed by atoms with van der Waals surface area (Å²) < 4.78 is 0. The number of hydrogen-bond donors (Lipinski definition) is 0. The summed E-state index contributed by atoms with van der Waals surface area (Å²) in [6, 6.07) is 25.1. The molecule has 1 unspecified atom stereocenters. The summed E-state index contributed by atoms with van der Waals surface area (Å²) in [6.07, 6.45) is 1.89. The van der Waals surface area contributed by atoms with E-state index in [9.17, 15) is 4.79 Å². The van der Waals surface area contributed by atoms with Gasteiger partial charge in [-0.3, -0.25) is 4.79 Å². The number of nitrogens with zero attached hydrogens (tertiary/aromatic N) is 3. The van der Waals surface area contributed by atoms with Crippen LogP contribution in [0.25, 0.3) is 10.9 Å². The summed E-state index contributed by atoms with van der Waals surface area (Å²) in [7, 11) is 0. The van der Waals surface area contributed by atoms with Crippen molar-refractivity contribution in [3.05, 3.63) is 95.1 Å². The Kier molecular flexibility index (Phi) is 4.29. The molecule has 0 radical (unpaired) electrons. The molecule has 4 aromatic rings. The highest BCUT2D eigenvalue weighted by Gasteiger charge is 2.31. The molecule has 0 spiro atoms. The molecule has 1 aromatic heterocycles. The molecular formula is C28H25N3O. The third-order valence-electron chi connectivity index (χ3n) is 6.74. The molecule has 6 rings (SSSR count). The predicted octanol–water partition coefficient (Wildman–Crippen LogP) is 5.83. The van der Waals surface area contributed by atoms with E-state index in [1.165, 1.54) is 22.1 Å². The number of fused-ring (bicyclic) bond motifs is 3. The number of pyridine rings is 1. The van der Waals surface area contributed by atoms with Crippen molar-refractivity contribution >= 4 is 34.0 Å². The Balaban J connectivity index is 1.30. The molecule has 3 heterocycles. The van der Waals surface area contributed by atoms with Gasteiger partial charge in [0, 0.05) is 34.9 Å². The molecule has 0 saturated carbocycles. The van der Waals surface area contributed by atoms with Gasteiger partial charge in [0.05, 0.1) is 5.52 Å². The number of anilines is 3. The van der Waals surface area contributed by atoms with Gasteiger partial charge in [-0.1, -0.05) is 30.3 Å². The molecule has 1 atom stereocenters. The molecule has 0 bridgehead atoms. The van der Waals surface area contributed by atoms with Gasteiger partial charge < -0.3 is 9.80 Å². The largest absolute Gasteiger partial charge is 0.326 e. The number of rotatable bonds is 2. The molecule has 0 saturated heterocycles. The van der Waals surface area contributed by atoms with Crippen molar-refractivity contribution in [2.24, 2.45) is 0 Å². The topological polar surface area (TPSA) is 36.4 Å². The molecule has 1 amide bonds. The Bertz CT molecular complexity index is 1360. The zero-order valence-corrected chi connectivity index (χ0v) is 18.4. The lowest BCUT2D eigenvalue weighted by Crippen LogP contribution is -2.35. The molecule has 0 fully saturated rings. The molecular weight excluding hydrogens is 394 g/mol. The van der Waals surface area contributed by atoms with Crippen LogP contribution in [0.4, 0.5) is 17.2 Å². The third-order valence-corrected chi connectivity index (χ3v) is 6.74. The number of hydrogen-bond acceptors (Lipinski definition) is 3. The second-order valence-electron chi connectivity index (χ2n) is 8.97. The number of aromatic nitrogens is 1. The van der Waals surface area contributed by atoms with Gasteiger partial charge in [-0.2, -0.15) is 0 Å². The molecule has 32 heavy (non-hydrogen) atoms.